The molecule has 0 aromatic carbocycles. The van der Waals surface area contributed by atoms with Crippen LogP contribution in [-0.2, 0) is 14.8 Å². The van der Waals surface area contributed by atoms with Gasteiger partial charge in [0.2, 0.25) is 10.0 Å². The summed E-state index contributed by atoms with van der Waals surface area (Å²) in [5.41, 5.74) is 5.28. The van der Waals surface area contributed by atoms with Crippen LogP contribution in [0.4, 0.5) is 0 Å². The number of rotatable bonds is 7. The quantitative estimate of drug-likeness (QED) is 0.676. The fourth-order valence-corrected chi connectivity index (χ4v) is 3.98. The molecule has 0 aromatic rings. The van der Waals surface area contributed by atoms with E-state index in [2.05, 4.69) is 13.8 Å². The maximum absolute atomic E-state index is 12.1. The largest absolute Gasteiger partial charge is 0.379 e. The standard InChI is InChI=1S/C11H24N2O3S/c1-10(2)11-4-3-6-13(11)17(14,15)9-8-16-7-5-12/h10-11H,3-9,12H2,1-2H3. The van der Waals surface area contributed by atoms with Crippen molar-refractivity contribution in [3.63, 3.8) is 0 Å². The highest BCUT2D eigenvalue weighted by atomic mass is 32.2. The SMILES string of the molecule is CC(C)C1CCCN1S(=O)(=O)CCOCCN. The van der Waals surface area contributed by atoms with Crippen LogP contribution in [0.25, 0.3) is 0 Å². The molecule has 0 radical (unpaired) electrons. The van der Waals surface area contributed by atoms with Crippen LogP contribution in [0.3, 0.4) is 0 Å². The molecule has 1 heterocycles. The first-order chi connectivity index (χ1) is 7.99. The molecule has 0 bridgehead atoms. The molecule has 17 heavy (non-hydrogen) atoms. The number of sulfonamides is 1. The van der Waals surface area contributed by atoms with Crippen molar-refractivity contribution in [2.45, 2.75) is 32.7 Å². The lowest BCUT2D eigenvalue weighted by Gasteiger charge is -2.26. The minimum absolute atomic E-state index is 0.0657. The Morgan fingerprint density at radius 1 is 1.41 bits per heavy atom. The molecule has 1 atom stereocenters. The van der Waals surface area contributed by atoms with Crippen molar-refractivity contribution in [1.29, 1.82) is 0 Å². The second-order valence-corrected chi connectivity index (χ2v) is 6.82. The maximum atomic E-state index is 12.1. The Kier molecular flexibility index (Phi) is 5.85. The Morgan fingerprint density at radius 2 is 2.12 bits per heavy atom. The van der Waals surface area contributed by atoms with Crippen LogP contribution in [0.1, 0.15) is 26.7 Å². The third-order valence-corrected chi connectivity index (χ3v) is 4.97. The smallest absolute Gasteiger partial charge is 0.216 e. The third kappa shape index (κ3) is 4.21. The van der Waals surface area contributed by atoms with Gasteiger partial charge in [-0.05, 0) is 18.8 Å². The maximum Gasteiger partial charge on any atom is 0.216 e. The average molecular weight is 264 g/mol. The molecule has 0 amide bonds. The highest BCUT2D eigenvalue weighted by molar-refractivity contribution is 7.89. The second-order valence-electron chi connectivity index (χ2n) is 4.78. The molecule has 2 N–H and O–H groups in total. The predicted molar refractivity (Wildman–Crippen MR) is 68.2 cm³/mol. The minimum atomic E-state index is -3.17. The van der Waals surface area contributed by atoms with Crippen LogP contribution in [0.2, 0.25) is 0 Å². The van der Waals surface area contributed by atoms with Gasteiger partial charge in [-0.15, -0.1) is 0 Å². The average Bonchev–Trinajstić information content (AvgIpc) is 2.74. The molecule has 1 aliphatic heterocycles. The summed E-state index contributed by atoms with van der Waals surface area (Å²) in [6.45, 7) is 5.89. The lowest BCUT2D eigenvalue weighted by atomic mass is 10.0. The van der Waals surface area contributed by atoms with Crippen LogP contribution in [0.15, 0.2) is 0 Å². The first kappa shape index (κ1) is 14.9. The zero-order valence-electron chi connectivity index (χ0n) is 10.8. The van der Waals surface area contributed by atoms with E-state index in [9.17, 15) is 8.42 Å². The summed E-state index contributed by atoms with van der Waals surface area (Å²) < 4.78 is 31.1. The van der Waals surface area contributed by atoms with Gasteiger partial charge >= 0.3 is 0 Å². The van der Waals surface area contributed by atoms with Gasteiger partial charge in [-0.3, -0.25) is 0 Å². The van der Waals surface area contributed by atoms with Crippen LogP contribution in [0.5, 0.6) is 0 Å². The Hall–Kier alpha value is -0.170. The van der Waals surface area contributed by atoms with Crippen molar-refractivity contribution in [2.24, 2.45) is 11.7 Å². The molecule has 1 unspecified atom stereocenters. The molecule has 0 aromatic heterocycles. The number of ether oxygens (including phenoxy) is 1. The van der Waals surface area contributed by atoms with Gasteiger partial charge in [-0.25, -0.2) is 8.42 Å². The molecular formula is C11H24N2O3S. The van der Waals surface area contributed by atoms with Crippen molar-refractivity contribution >= 4 is 10.0 Å². The van der Waals surface area contributed by atoms with E-state index >= 15 is 0 Å². The number of hydrogen-bond acceptors (Lipinski definition) is 4. The monoisotopic (exact) mass is 264 g/mol. The van der Waals surface area contributed by atoms with E-state index in [0.717, 1.165) is 12.8 Å². The fraction of sp³-hybridized carbons (Fsp3) is 1.00. The van der Waals surface area contributed by atoms with E-state index in [1.165, 1.54) is 0 Å². The Labute approximate surface area is 104 Å². The molecular weight excluding hydrogens is 240 g/mol. The molecule has 1 fully saturated rings. The second kappa shape index (κ2) is 6.68. The summed E-state index contributed by atoms with van der Waals surface area (Å²) in [6.07, 6.45) is 1.94. The summed E-state index contributed by atoms with van der Waals surface area (Å²) in [7, 11) is -3.17. The van der Waals surface area contributed by atoms with Gasteiger partial charge in [0.25, 0.3) is 0 Å². The number of nitrogens with two attached hydrogens (primary N) is 1. The van der Waals surface area contributed by atoms with Gasteiger partial charge in [0.15, 0.2) is 0 Å². The Morgan fingerprint density at radius 3 is 2.71 bits per heavy atom. The summed E-state index contributed by atoms with van der Waals surface area (Å²) in [5.74, 6) is 0.438. The van der Waals surface area contributed by atoms with Gasteiger partial charge < -0.3 is 10.5 Å². The summed E-state index contributed by atoms with van der Waals surface area (Å²) >= 11 is 0. The van der Waals surface area contributed by atoms with Crippen LogP contribution < -0.4 is 5.73 Å². The molecule has 5 nitrogen and oxygen atoms in total. The third-order valence-electron chi connectivity index (χ3n) is 3.12. The Balaban J connectivity index is 2.51. The van der Waals surface area contributed by atoms with E-state index in [1.54, 1.807) is 4.31 Å². The lowest BCUT2D eigenvalue weighted by Crippen LogP contribution is -2.40. The predicted octanol–water partition coefficient (Wildman–Crippen LogP) is 0.412. The zero-order valence-corrected chi connectivity index (χ0v) is 11.6. The topological polar surface area (TPSA) is 72.6 Å². The van der Waals surface area contributed by atoms with Crippen molar-refractivity contribution in [2.75, 3.05) is 32.1 Å². The number of nitrogens with zero attached hydrogens (tertiary/aromatic N) is 1. The molecule has 0 spiro atoms. The normalized spacial score (nSPS) is 22.5. The van der Waals surface area contributed by atoms with E-state index in [-0.39, 0.29) is 18.4 Å². The zero-order chi connectivity index (χ0) is 12.9. The molecule has 1 rings (SSSR count). The fourth-order valence-electron chi connectivity index (χ4n) is 2.24. The first-order valence-corrected chi connectivity index (χ1v) is 7.87. The van der Waals surface area contributed by atoms with Gasteiger partial charge in [-0.2, -0.15) is 4.31 Å². The van der Waals surface area contributed by atoms with Crippen molar-refractivity contribution in [1.82, 2.24) is 4.31 Å². The van der Waals surface area contributed by atoms with E-state index in [1.807, 2.05) is 0 Å². The van der Waals surface area contributed by atoms with Crippen molar-refractivity contribution in [3.8, 4) is 0 Å². The Bertz CT molecular complexity index is 317. The van der Waals surface area contributed by atoms with Crippen LogP contribution >= 0.6 is 0 Å². The van der Waals surface area contributed by atoms with Crippen molar-refractivity contribution in [3.05, 3.63) is 0 Å². The molecule has 6 heteroatoms. The van der Waals surface area contributed by atoms with Crippen molar-refractivity contribution < 1.29 is 13.2 Å². The molecule has 0 saturated carbocycles. The van der Waals surface area contributed by atoms with Gasteiger partial charge in [0, 0.05) is 19.1 Å². The number of hydrogen-bond donors (Lipinski definition) is 1. The molecule has 102 valence electrons. The summed E-state index contributed by atoms with van der Waals surface area (Å²) in [6, 6.07) is 0.162. The summed E-state index contributed by atoms with van der Waals surface area (Å²) in [5, 5.41) is 0. The van der Waals surface area contributed by atoms with E-state index in [4.69, 9.17) is 10.5 Å². The first-order valence-electron chi connectivity index (χ1n) is 6.26. The minimum Gasteiger partial charge on any atom is -0.379 e. The highest BCUT2D eigenvalue weighted by Crippen LogP contribution is 2.26. The summed E-state index contributed by atoms with van der Waals surface area (Å²) in [4.78, 5) is 0. The van der Waals surface area contributed by atoms with E-state index in [0.29, 0.717) is 25.6 Å². The lowest BCUT2D eigenvalue weighted by molar-refractivity contribution is 0.155. The molecule has 0 aliphatic carbocycles. The van der Waals surface area contributed by atoms with Crippen LogP contribution in [0, 0.1) is 5.92 Å². The van der Waals surface area contributed by atoms with E-state index < -0.39 is 10.0 Å². The highest BCUT2D eigenvalue weighted by Gasteiger charge is 2.35. The molecule has 1 aliphatic rings. The van der Waals surface area contributed by atoms with Gasteiger partial charge in [-0.1, -0.05) is 13.8 Å². The van der Waals surface area contributed by atoms with Crippen LogP contribution in [-0.4, -0.2) is 50.8 Å². The van der Waals surface area contributed by atoms with Gasteiger partial charge in [0.1, 0.15) is 0 Å². The van der Waals surface area contributed by atoms with Gasteiger partial charge in [0.05, 0.1) is 19.0 Å². The molecule has 1 saturated heterocycles.